The third kappa shape index (κ3) is 2.60. The van der Waals surface area contributed by atoms with Crippen molar-refractivity contribution in [3.05, 3.63) is 59.8 Å². The Bertz CT molecular complexity index is 1070. The predicted octanol–water partition coefficient (Wildman–Crippen LogP) is 2.87. The Labute approximate surface area is 162 Å². The summed E-state index contributed by atoms with van der Waals surface area (Å²) in [5.41, 5.74) is 4.20. The van der Waals surface area contributed by atoms with E-state index in [4.69, 9.17) is 4.74 Å². The summed E-state index contributed by atoms with van der Waals surface area (Å²) in [7, 11) is 1.59. The van der Waals surface area contributed by atoms with Crippen molar-refractivity contribution in [2.45, 2.75) is 25.4 Å². The van der Waals surface area contributed by atoms with Crippen molar-refractivity contribution in [2.75, 3.05) is 18.6 Å². The largest absolute Gasteiger partial charge is 0.497 e. The normalized spacial score (nSPS) is 20.0. The van der Waals surface area contributed by atoms with Crippen molar-refractivity contribution in [2.24, 2.45) is 0 Å². The molecule has 2 aromatic carbocycles. The molecule has 0 aliphatic carbocycles. The lowest BCUT2D eigenvalue weighted by Crippen LogP contribution is -2.44. The van der Waals surface area contributed by atoms with Gasteiger partial charge < -0.3 is 9.72 Å². The van der Waals surface area contributed by atoms with E-state index in [2.05, 4.69) is 28.1 Å². The number of aromatic nitrogens is 1. The third-order valence-electron chi connectivity index (χ3n) is 5.81. The molecule has 2 aliphatic rings. The second kappa shape index (κ2) is 6.49. The molecule has 6 nitrogen and oxygen atoms in total. The zero-order valence-corrected chi connectivity index (χ0v) is 15.6. The van der Waals surface area contributed by atoms with E-state index in [0.29, 0.717) is 18.0 Å². The molecule has 1 atom stereocenters. The zero-order chi connectivity index (χ0) is 19.3. The standard InChI is InChI=1S/C22H21N3O3/c1-28-15-8-6-14(7-9-15)25-21(26)12-20(22(25)27)24-11-10-17-16-4-2-3-5-18(16)23-19(17)13-24/h2-9,20,23H,10-13H2,1H3/t20-/m0/s1. The number of hydrogen-bond donors (Lipinski definition) is 1. The first kappa shape index (κ1) is 17.0. The number of H-pyrrole nitrogens is 1. The van der Waals surface area contributed by atoms with Crippen molar-refractivity contribution in [3.63, 3.8) is 0 Å². The summed E-state index contributed by atoms with van der Waals surface area (Å²) >= 11 is 0. The van der Waals surface area contributed by atoms with E-state index in [1.165, 1.54) is 15.8 Å². The molecule has 142 valence electrons. The number of carbonyl (C=O) groups excluding carboxylic acids is 2. The second-order valence-electron chi connectivity index (χ2n) is 7.33. The molecule has 1 fully saturated rings. The number of benzene rings is 2. The van der Waals surface area contributed by atoms with Crippen molar-refractivity contribution in [3.8, 4) is 5.75 Å². The maximum atomic E-state index is 13.1. The number of hydrogen-bond acceptors (Lipinski definition) is 4. The molecule has 2 aliphatic heterocycles. The van der Waals surface area contributed by atoms with Crippen LogP contribution in [-0.2, 0) is 22.6 Å². The van der Waals surface area contributed by atoms with Gasteiger partial charge in [-0.1, -0.05) is 18.2 Å². The quantitative estimate of drug-likeness (QED) is 0.715. The maximum Gasteiger partial charge on any atom is 0.251 e. The van der Waals surface area contributed by atoms with Gasteiger partial charge in [0, 0.05) is 29.7 Å². The summed E-state index contributed by atoms with van der Waals surface area (Å²) in [5, 5.41) is 1.26. The van der Waals surface area contributed by atoms with Crippen LogP contribution in [0.1, 0.15) is 17.7 Å². The maximum absolute atomic E-state index is 13.1. The Morgan fingerprint density at radius 3 is 2.64 bits per heavy atom. The topological polar surface area (TPSA) is 65.6 Å². The van der Waals surface area contributed by atoms with Gasteiger partial charge in [0.15, 0.2) is 0 Å². The Morgan fingerprint density at radius 2 is 1.86 bits per heavy atom. The van der Waals surface area contributed by atoms with Crippen molar-refractivity contribution in [1.82, 2.24) is 9.88 Å². The Kier molecular flexibility index (Phi) is 3.94. The van der Waals surface area contributed by atoms with Gasteiger partial charge >= 0.3 is 0 Å². The fourth-order valence-electron chi connectivity index (χ4n) is 4.38. The summed E-state index contributed by atoms with van der Waals surface area (Å²) in [6.45, 7) is 1.43. The van der Waals surface area contributed by atoms with Crippen molar-refractivity contribution < 1.29 is 14.3 Å². The molecule has 0 saturated carbocycles. The fraction of sp³-hybridized carbons (Fsp3) is 0.273. The van der Waals surface area contributed by atoms with Gasteiger partial charge in [-0.3, -0.25) is 14.5 Å². The Hall–Kier alpha value is -3.12. The van der Waals surface area contributed by atoms with Gasteiger partial charge in [-0.2, -0.15) is 0 Å². The number of imide groups is 1. The lowest BCUT2D eigenvalue weighted by molar-refractivity contribution is -0.123. The number of fused-ring (bicyclic) bond motifs is 3. The highest BCUT2D eigenvalue weighted by Crippen LogP contribution is 2.32. The van der Waals surface area contributed by atoms with Crippen LogP contribution in [0.4, 0.5) is 5.69 Å². The molecule has 1 N–H and O–H groups in total. The minimum absolute atomic E-state index is 0.144. The fourth-order valence-corrected chi connectivity index (χ4v) is 4.38. The van der Waals surface area contributed by atoms with Crippen LogP contribution >= 0.6 is 0 Å². The highest BCUT2D eigenvalue weighted by atomic mass is 16.5. The minimum Gasteiger partial charge on any atom is -0.497 e. The van der Waals surface area contributed by atoms with Crippen molar-refractivity contribution in [1.29, 1.82) is 0 Å². The highest BCUT2D eigenvalue weighted by molar-refractivity contribution is 6.22. The summed E-state index contributed by atoms with van der Waals surface area (Å²) in [5.74, 6) is 0.402. The van der Waals surface area contributed by atoms with Gasteiger partial charge in [-0.25, -0.2) is 4.90 Å². The van der Waals surface area contributed by atoms with Gasteiger partial charge in [0.2, 0.25) is 5.91 Å². The lowest BCUT2D eigenvalue weighted by atomic mass is 10.0. The molecular weight excluding hydrogens is 354 g/mol. The van der Waals surface area contributed by atoms with E-state index in [1.807, 2.05) is 6.07 Å². The van der Waals surface area contributed by atoms with Crippen LogP contribution in [0.2, 0.25) is 0 Å². The number of para-hydroxylation sites is 1. The van der Waals surface area contributed by atoms with Crippen LogP contribution < -0.4 is 9.64 Å². The Morgan fingerprint density at radius 1 is 1.07 bits per heavy atom. The third-order valence-corrected chi connectivity index (χ3v) is 5.81. The van der Waals surface area contributed by atoms with Gasteiger partial charge in [0.1, 0.15) is 5.75 Å². The zero-order valence-electron chi connectivity index (χ0n) is 15.6. The smallest absolute Gasteiger partial charge is 0.251 e. The summed E-state index contributed by atoms with van der Waals surface area (Å²) in [4.78, 5) is 32.6. The molecule has 3 heterocycles. The molecule has 5 rings (SSSR count). The van der Waals surface area contributed by atoms with E-state index in [9.17, 15) is 9.59 Å². The number of rotatable bonds is 3. The molecule has 6 heteroatoms. The number of ether oxygens (including phenoxy) is 1. The number of methoxy groups -OCH3 is 1. The van der Waals surface area contributed by atoms with Crippen LogP contribution in [0.15, 0.2) is 48.5 Å². The average molecular weight is 375 g/mol. The highest BCUT2D eigenvalue weighted by Gasteiger charge is 2.43. The van der Waals surface area contributed by atoms with Crippen LogP contribution in [0.25, 0.3) is 10.9 Å². The number of carbonyl (C=O) groups is 2. The molecule has 2 amide bonds. The van der Waals surface area contributed by atoms with E-state index >= 15 is 0 Å². The first-order chi connectivity index (χ1) is 13.7. The molecule has 1 aromatic heterocycles. The van der Waals surface area contributed by atoms with Gasteiger partial charge in [-0.15, -0.1) is 0 Å². The van der Waals surface area contributed by atoms with Crippen molar-refractivity contribution >= 4 is 28.4 Å². The number of nitrogens with one attached hydrogen (secondary N) is 1. The average Bonchev–Trinajstić information content (AvgIpc) is 3.24. The van der Waals surface area contributed by atoms with Gasteiger partial charge in [0.05, 0.1) is 25.3 Å². The lowest BCUT2D eigenvalue weighted by Gasteiger charge is -2.30. The van der Waals surface area contributed by atoms with Crippen LogP contribution in [-0.4, -0.2) is 41.4 Å². The second-order valence-corrected chi connectivity index (χ2v) is 7.33. The molecule has 0 spiro atoms. The van der Waals surface area contributed by atoms with Crippen LogP contribution in [0.5, 0.6) is 5.75 Å². The number of nitrogens with zero attached hydrogens (tertiary/aromatic N) is 2. The Balaban J connectivity index is 1.40. The van der Waals surface area contributed by atoms with Gasteiger partial charge in [0.25, 0.3) is 5.91 Å². The molecule has 28 heavy (non-hydrogen) atoms. The first-order valence-electron chi connectivity index (χ1n) is 9.49. The monoisotopic (exact) mass is 375 g/mol. The van der Waals surface area contributed by atoms with E-state index < -0.39 is 6.04 Å². The summed E-state index contributed by atoms with van der Waals surface area (Å²) in [6, 6.07) is 14.9. The van der Waals surface area contributed by atoms with Crippen LogP contribution in [0.3, 0.4) is 0 Å². The van der Waals surface area contributed by atoms with Crippen LogP contribution in [0, 0.1) is 0 Å². The molecule has 0 bridgehead atoms. The van der Waals surface area contributed by atoms with E-state index in [-0.39, 0.29) is 18.2 Å². The summed E-state index contributed by atoms with van der Waals surface area (Å²) < 4.78 is 5.16. The molecule has 0 radical (unpaired) electrons. The minimum atomic E-state index is -0.408. The summed E-state index contributed by atoms with van der Waals surface area (Å²) in [6.07, 6.45) is 1.10. The van der Waals surface area contributed by atoms with E-state index in [0.717, 1.165) is 24.2 Å². The number of aromatic amines is 1. The SMILES string of the molecule is COc1ccc(N2C(=O)C[C@H](N3CCc4c([nH]c5ccccc45)C3)C2=O)cc1. The predicted molar refractivity (Wildman–Crippen MR) is 106 cm³/mol. The number of anilines is 1. The van der Waals surface area contributed by atoms with Gasteiger partial charge in [-0.05, 0) is 42.3 Å². The molecular formula is C22H21N3O3. The molecule has 3 aromatic rings. The molecule has 1 saturated heterocycles. The number of amides is 2. The van der Waals surface area contributed by atoms with E-state index in [1.54, 1.807) is 31.4 Å². The first-order valence-corrected chi connectivity index (χ1v) is 9.49. The molecule has 0 unspecified atom stereocenters.